The van der Waals surface area contributed by atoms with Gasteiger partial charge in [-0.05, 0) is 126 Å². The molecule has 0 amide bonds. The predicted octanol–water partition coefficient (Wildman–Crippen LogP) is 18.5. The Balaban J connectivity index is 0.000000191. The number of imidazole rings is 2. The number of rotatable bonds is 8. The Labute approximate surface area is 439 Å². The van der Waals surface area contributed by atoms with E-state index in [4.69, 9.17) is 14.1 Å². The first-order valence-electron chi connectivity index (χ1n) is 26.1. The minimum Gasteiger partial charge on any atom is -0.333 e. The second-order valence-electron chi connectivity index (χ2n) is 19.7. The Morgan fingerprint density at radius 2 is 1.01 bits per heavy atom. The molecule has 12 aromatic rings. The van der Waals surface area contributed by atoms with Gasteiger partial charge in [0.15, 0.2) is 0 Å². The molecule has 6 heteroatoms. The number of aryl methyl sites for hydroxylation is 1. The SMILES string of the molecule is CC(C)c1cccc(C(C)C)c1-n1c(-c2[c-]cccc2)nc2ccccc21.[2H]C([2H])([2H])c1cc2cc3sc4c(-c5nc6ccccc6n5-c5c(C(C)C)cccc5C(C)C)[c-]ccc4c3cc2c2ccccc12.[Ir]. The number of para-hydroxylation sites is 6. The van der Waals surface area contributed by atoms with E-state index in [1.54, 1.807) is 11.3 Å². The zero-order chi connectivity index (χ0) is 50.9. The molecule has 4 nitrogen and oxygen atoms in total. The third kappa shape index (κ3) is 8.40. The number of thiophene rings is 1. The molecule has 0 fully saturated rings. The van der Waals surface area contributed by atoms with Gasteiger partial charge < -0.3 is 9.13 Å². The Kier molecular flexibility index (Phi) is 12.1. The number of nitrogens with zero attached hydrogens (tertiary/aromatic N) is 4. The third-order valence-electron chi connectivity index (χ3n) is 13.8. The number of hydrogen-bond donors (Lipinski definition) is 0. The quantitative estimate of drug-likeness (QED) is 0.112. The van der Waals surface area contributed by atoms with Gasteiger partial charge in [-0.3, -0.25) is 9.97 Å². The van der Waals surface area contributed by atoms with Crippen LogP contribution in [0.25, 0.3) is 97.9 Å². The number of benzene rings is 9. The van der Waals surface area contributed by atoms with E-state index in [9.17, 15) is 0 Å². The van der Waals surface area contributed by atoms with Crippen molar-refractivity contribution in [2.24, 2.45) is 0 Å². The van der Waals surface area contributed by atoms with Crippen molar-refractivity contribution in [3.05, 3.63) is 204 Å². The molecule has 0 atom stereocenters. The molecule has 0 aliphatic rings. The van der Waals surface area contributed by atoms with Crippen molar-refractivity contribution in [1.82, 2.24) is 19.1 Å². The van der Waals surface area contributed by atoms with Crippen molar-refractivity contribution in [3.63, 3.8) is 0 Å². The molecule has 0 aliphatic carbocycles. The van der Waals surface area contributed by atoms with Crippen LogP contribution in [-0.4, -0.2) is 19.1 Å². The zero-order valence-corrected chi connectivity index (χ0v) is 44.6. The fraction of sp³-hybridized carbons (Fsp3) is 0.200. The molecule has 3 heterocycles. The van der Waals surface area contributed by atoms with Gasteiger partial charge in [0.2, 0.25) is 0 Å². The van der Waals surface area contributed by atoms with Crippen LogP contribution in [0.15, 0.2) is 164 Å². The van der Waals surface area contributed by atoms with Gasteiger partial charge in [0.1, 0.15) is 0 Å². The first-order valence-corrected chi connectivity index (χ1v) is 25.4. The van der Waals surface area contributed by atoms with E-state index in [-0.39, 0.29) is 20.1 Å². The van der Waals surface area contributed by atoms with Crippen molar-refractivity contribution >= 4 is 75.1 Å². The molecule has 355 valence electrons. The van der Waals surface area contributed by atoms with Crippen LogP contribution in [0, 0.1) is 19.0 Å². The smallest absolute Gasteiger partial charge is 0.0774 e. The van der Waals surface area contributed by atoms with Crippen molar-refractivity contribution in [2.45, 2.75) is 85.9 Å². The molecule has 0 aliphatic heterocycles. The number of fused-ring (bicyclic) bond motifs is 8. The minimum atomic E-state index is -2.20. The van der Waals surface area contributed by atoms with Crippen LogP contribution in [0.1, 0.15) is 111 Å². The Morgan fingerprint density at radius 3 is 1.58 bits per heavy atom. The summed E-state index contributed by atoms with van der Waals surface area (Å²) in [5, 5.41) is 6.05. The van der Waals surface area contributed by atoms with Crippen LogP contribution in [0.5, 0.6) is 0 Å². The maximum atomic E-state index is 8.25. The van der Waals surface area contributed by atoms with Crippen LogP contribution < -0.4 is 0 Å². The van der Waals surface area contributed by atoms with Gasteiger partial charge in [-0.2, -0.15) is 11.3 Å². The first-order chi connectivity index (χ1) is 35.2. The van der Waals surface area contributed by atoms with Gasteiger partial charge in [0, 0.05) is 40.3 Å². The van der Waals surface area contributed by atoms with E-state index in [1.807, 2.05) is 60.7 Å². The molecule has 0 unspecified atom stereocenters. The summed E-state index contributed by atoms with van der Waals surface area (Å²) >= 11 is 1.73. The van der Waals surface area contributed by atoms with Gasteiger partial charge in [-0.15, -0.1) is 54.1 Å². The molecular formula is C65H58IrN4S-2. The van der Waals surface area contributed by atoms with E-state index in [2.05, 4.69) is 180 Å². The van der Waals surface area contributed by atoms with Gasteiger partial charge >= 0.3 is 0 Å². The molecule has 3 aromatic heterocycles. The molecule has 0 saturated carbocycles. The number of hydrogen-bond acceptors (Lipinski definition) is 3. The van der Waals surface area contributed by atoms with E-state index >= 15 is 0 Å². The summed E-state index contributed by atoms with van der Waals surface area (Å²) in [6.45, 7) is 15.9. The standard InChI is InChI=1S/C40H33N2S.C25H25N2.Ir/c1-23(2)27-14-10-15-28(24(3)4)38(27)42-36-19-9-8-18-35(36)41-40(42)32-17-11-16-31-34-22-33-26(21-37(34)43-39(31)32)20-25(5)29-12-6-7-13-30(29)33;1-17(2)20-13-10-14-21(18(3)4)24(20)27-23-16-9-8-15-22(23)26-25(27)19-11-6-5-7-12-19;/h6-16,18-24H,1-5H3;5-11,13-18H,1-4H3;/q2*-1;/i5D3;;. The van der Waals surface area contributed by atoms with Crippen molar-refractivity contribution in [2.75, 3.05) is 0 Å². The van der Waals surface area contributed by atoms with Crippen LogP contribution >= 0.6 is 11.3 Å². The summed E-state index contributed by atoms with van der Waals surface area (Å²) in [6.07, 6.45) is 0. The summed E-state index contributed by atoms with van der Waals surface area (Å²) in [6, 6.07) is 63.5. The maximum Gasteiger partial charge on any atom is 0.0774 e. The van der Waals surface area contributed by atoms with Crippen LogP contribution in [0.3, 0.4) is 0 Å². The Hall–Kier alpha value is -6.69. The van der Waals surface area contributed by atoms with E-state index < -0.39 is 6.85 Å². The van der Waals surface area contributed by atoms with Gasteiger partial charge in [0.25, 0.3) is 0 Å². The van der Waals surface area contributed by atoms with E-state index in [0.717, 1.165) is 86.6 Å². The summed E-state index contributed by atoms with van der Waals surface area (Å²) in [4.78, 5) is 10.3. The van der Waals surface area contributed by atoms with Gasteiger partial charge in [-0.25, -0.2) is 0 Å². The second-order valence-corrected chi connectivity index (χ2v) is 20.8. The Bertz CT molecular complexity index is 3990. The van der Waals surface area contributed by atoms with Crippen LogP contribution in [0.2, 0.25) is 0 Å². The average Bonchev–Trinajstić information content (AvgIpc) is 4.09. The largest absolute Gasteiger partial charge is 0.333 e. The monoisotopic (exact) mass is 1120 g/mol. The van der Waals surface area contributed by atoms with Crippen LogP contribution in [-0.2, 0) is 20.1 Å². The normalized spacial score (nSPS) is 12.6. The topological polar surface area (TPSA) is 35.6 Å². The second kappa shape index (κ2) is 19.5. The van der Waals surface area contributed by atoms with Crippen molar-refractivity contribution in [3.8, 4) is 34.2 Å². The molecule has 12 rings (SSSR count). The Morgan fingerprint density at radius 1 is 0.479 bits per heavy atom. The van der Waals surface area contributed by atoms with E-state index in [1.165, 1.54) is 33.6 Å². The fourth-order valence-corrected chi connectivity index (χ4v) is 11.7. The fourth-order valence-electron chi connectivity index (χ4n) is 10.4. The van der Waals surface area contributed by atoms with Crippen molar-refractivity contribution < 1.29 is 24.2 Å². The molecule has 0 saturated heterocycles. The van der Waals surface area contributed by atoms with Gasteiger partial charge in [0.05, 0.1) is 33.7 Å². The average molecular weight is 1120 g/mol. The first kappa shape index (κ1) is 44.3. The van der Waals surface area contributed by atoms with E-state index in [0.29, 0.717) is 29.2 Å². The van der Waals surface area contributed by atoms with Gasteiger partial charge in [-0.1, -0.05) is 157 Å². The van der Waals surface area contributed by atoms with Crippen LogP contribution in [0.4, 0.5) is 0 Å². The summed E-state index contributed by atoms with van der Waals surface area (Å²) in [5.74, 6) is 3.34. The maximum absolute atomic E-state index is 8.25. The molecule has 0 N–H and O–H groups in total. The molecular weight excluding hydrogens is 1060 g/mol. The molecule has 0 bridgehead atoms. The summed E-state index contributed by atoms with van der Waals surface area (Å²) < 4.78 is 31.7. The predicted molar refractivity (Wildman–Crippen MR) is 300 cm³/mol. The molecule has 9 aromatic carbocycles. The summed E-state index contributed by atoms with van der Waals surface area (Å²) in [5.41, 5.74) is 14.3. The zero-order valence-electron chi connectivity index (χ0n) is 44.4. The minimum absolute atomic E-state index is 0. The number of aromatic nitrogens is 4. The third-order valence-corrected chi connectivity index (χ3v) is 15.0. The molecule has 1 radical (unpaired) electrons. The van der Waals surface area contributed by atoms with Crippen molar-refractivity contribution in [1.29, 1.82) is 0 Å². The molecule has 0 spiro atoms. The summed E-state index contributed by atoms with van der Waals surface area (Å²) in [7, 11) is 0. The molecule has 71 heavy (non-hydrogen) atoms.